The van der Waals surface area contributed by atoms with Gasteiger partial charge in [0.05, 0.1) is 17.1 Å². The molecule has 1 saturated carbocycles. The van der Waals surface area contributed by atoms with E-state index in [0.29, 0.717) is 38.4 Å². The lowest BCUT2D eigenvalue weighted by Gasteiger charge is -2.44. The largest absolute Gasteiger partial charge is 0.492 e. The minimum absolute atomic E-state index is 0.0498. The molecule has 44 heavy (non-hydrogen) atoms. The molecule has 8 heteroatoms. The Balaban J connectivity index is 1.23. The number of fused-ring (bicyclic) bond motifs is 2. The molecule has 6 rings (SSSR count). The Kier molecular flexibility index (Phi) is 9.19. The third-order valence-electron chi connectivity index (χ3n) is 8.99. The lowest BCUT2D eigenvalue weighted by atomic mass is 9.82. The van der Waals surface area contributed by atoms with Crippen molar-refractivity contribution < 1.29 is 18.7 Å². The van der Waals surface area contributed by atoms with Crippen molar-refractivity contribution in [3.8, 4) is 5.75 Å². The van der Waals surface area contributed by atoms with E-state index < -0.39 is 0 Å². The van der Waals surface area contributed by atoms with Crippen LogP contribution < -0.4 is 10.1 Å². The molecule has 2 atom stereocenters. The SMILES string of the molecule is CC(=O)N1CC2CC(c3ccc(CCCOc4cc(F)ccc4Br)cc3)=C(C(=O)N(Cc3ccccc3C)C3CC3)[C@@H](C1)N2. The van der Waals surface area contributed by atoms with Crippen LogP contribution in [-0.2, 0) is 22.6 Å². The molecule has 0 radical (unpaired) electrons. The Morgan fingerprint density at radius 3 is 2.57 bits per heavy atom. The summed E-state index contributed by atoms with van der Waals surface area (Å²) in [6.45, 7) is 5.93. The second kappa shape index (κ2) is 13.2. The normalized spacial score (nSPS) is 19.6. The van der Waals surface area contributed by atoms with Crippen molar-refractivity contribution in [1.29, 1.82) is 0 Å². The standard InChI is InChI=1S/C36H39BrFN3O3/c1-23-6-3-4-8-27(23)20-41(30-14-15-30)36(43)35-31(19-29-21-40(24(2)42)22-33(35)39-29)26-11-9-25(10-12-26)7-5-17-44-34-18-28(38)13-16-32(34)37/h3-4,6,8-13,16,18,29-30,33,39H,5,7,14-15,17,19-22H2,1-2H3/t29?,33-/m1/s1. The van der Waals surface area contributed by atoms with Gasteiger partial charge in [0.15, 0.2) is 0 Å². The van der Waals surface area contributed by atoms with E-state index in [0.717, 1.165) is 46.9 Å². The molecule has 2 heterocycles. The van der Waals surface area contributed by atoms with E-state index in [1.807, 2.05) is 17.0 Å². The van der Waals surface area contributed by atoms with Crippen LogP contribution in [0.25, 0.3) is 5.57 Å². The van der Waals surface area contributed by atoms with Crippen LogP contribution in [0.1, 0.15) is 54.9 Å². The summed E-state index contributed by atoms with van der Waals surface area (Å²) in [5, 5.41) is 3.68. The number of piperazine rings is 1. The Morgan fingerprint density at radius 1 is 1.07 bits per heavy atom. The molecule has 0 spiro atoms. The van der Waals surface area contributed by atoms with Gasteiger partial charge in [0, 0.05) is 50.3 Å². The van der Waals surface area contributed by atoms with Gasteiger partial charge in [-0.2, -0.15) is 0 Å². The maximum Gasteiger partial charge on any atom is 0.252 e. The first-order valence-corrected chi connectivity index (χ1v) is 16.3. The Labute approximate surface area is 267 Å². The number of ether oxygens (including phenoxy) is 1. The highest BCUT2D eigenvalue weighted by Crippen LogP contribution is 2.37. The molecule has 1 aliphatic carbocycles. The second-order valence-electron chi connectivity index (χ2n) is 12.3. The number of carbonyl (C=O) groups is 2. The first-order chi connectivity index (χ1) is 21.3. The predicted octanol–water partition coefficient (Wildman–Crippen LogP) is 6.45. The molecule has 1 saturated heterocycles. The van der Waals surface area contributed by atoms with E-state index in [9.17, 15) is 14.0 Å². The van der Waals surface area contributed by atoms with E-state index in [1.165, 1.54) is 28.8 Å². The van der Waals surface area contributed by atoms with E-state index in [-0.39, 0.29) is 35.8 Å². The number of halogens is 2. The highest BCUT2D eigenvalue weighted by atomic mass is 79.9. The van der Waals surface area contributed by atoms with E-state index in [2.05, 4.69) is 69.5 Å². The van der Waals surface area contributed by atoms with Gasteiger partial charge >= 0.3 is 0 Å². The van der Waals surface area contributed by atoms with Gasteiger partial charge in [-0.1, -0.05) is 48.5 Å². The highest BCUT2D eigenvalue weighted by Gasteiger charge is 2.43. The minimum atomic E-state index is -0.322. The number of nitrogens with zero attached hydrogens (tertiary/aromatic N) is 2. The van der Waals surface area contributed by atoms with Crippen LogP contribution in [0.4, 0.5) is 4.39 Å². The van der Waals surface area contributed by atoms with Crippen molar-refractivity contribution in [3.63, 3.8) is 0 Å². The van der Waals surface area contributed by atoms with Crippen molar-refractivity contribution >= 4 is 33.3 Å². The third kappa shape index (κ3) is 6.92. The fourth-order valence-electron chi connectivity index (χ4n) is 6.42. The van der Waals surface area contributed by atoms with E-state index >= 15 is 0 Å². The Morgan fingerprint density at radius 2 is 1.84 bits per heavy atom. The van der Waals surface area contributed by atoms with Gasteiger partial charge in [-0.3, -0.25) is 9.59 Å². The van der Waals surface area contributed by atoms with E-state index in [1.54, 1.807) is 13.0 Å². The van der Waals surface area contributed by atoms with Crippen LogP contribution in [0, 0.1) is 12.7 Å². The van der Waals surface area contributed by atoms with Crippen molar-refractivity contribution in [2.45, 2.75) is 70.6 Å². The predicted molar refractivity (Wildman–Crippen MR) is 174 cm³/mol. The van der Waals surface area contributed by atoms with E-state index in [4.69, 9.17) is 4.74 Å². The number of benzene rings is 3. The first kappa shape index (κ1) is 30.5. The topological polar surface area (TPSA) is 61.9 Å². The molecule has 6 nitrogen and oxygen atoms in total. The summed E-state index contributed by atoms with van der Waals surface area (Å²) in [5.74, 6) is 0.315. The quantitative estimate of drug-likeness (QED) is 0.254. The van der Waals surface area contributed by atoms with Crippen LogP contribution in [0.3, 0.4) is 0 Å². The van der Waals surface area contributed by atoms with Gasteiger partial charge in [0.25, 0.3) is 5.91 Å². The van der Waals surface area contributed by atoms with Gasteiger partial charge in [0.1, 0.15) is 11.6 Å². The molecule has 1 N–H and O–H groups in total. The summed E-state index contributed by atoms with van der Waals surface area (Å²) >= 11 is 3.41. The third-order valence-corrected chi connectivity index (χ3v) is 9.65. The number of hydrogen-bond acceptors (Lipinski definition) is 4. The van der Waals surface area contributed by atoms with Crippen molar-refractivity contribution in [2.75, 3.05) is 19.7 Å². The average Bonchev–Trinajstić information content (AvgIpc) is 3.85. The number of hydrogen-bond donors (Lipinski definition) is 1. The zero-order valence-electron chi connectivity index (χ0n) is 25.3. The summed E-state index contributed by atoms with van der Waals surface area (Å²) in [7, 11) is 0. The van der Waals surface area contributed by atoms with Gasteiger partial charge in [-0.05, 0) is 94.9 Å². The van der Waals surface area contributed by atoms with Crippen LogP contribution in [0.2, 0.25) is 0 Å². The molecule has 2 aliphatic heterocycles. The average molecular weight is 661 g/mol. The van der Waals surface area contributed by atoms with Crippen molar-refractivity contribution in [2.24, 2.45) is 0 Å². The molecule has 0 aromatic heterocycles. The smallest absolute Gasteiger partial charge is 0.252 e. The first-order valence-electron chi connectivity index (χ1n) is 15.5. The molecule has 3 aliphatic rings. The monoisotopic (exact) mass is 659 g/mol. The van der Waals surface area contributed by atoms with Gasteiger partial charge in [-0.15, -0.1) is 0 Å². The summed E-state index contributed by atoms with van der Waals surface area (Å²) in [6.07, 6.45) is 4.35. The number of amides is 2. The minimum Gasteiger partial charge on any atom is -0.492 e. The molecule has 230 valence electrons. The lowest BCUT2D eigenvalue weighted by Crippen LogP contribution is -2.61. The molecule has 2 fully saturated rings. The fraction of sp³-hybridized carbons (Fsp3) is 0.389. The summed E-state index contributed by atoms with van der Waals surface area (Å²) in [4.78, 5) is 30.9. The van der Waals surface area contributed by atoms with Gasteiger partial charge in [-0.25, -0.2) is 4.39 Å². The molecule has 1 unspecified atom stereocenters. The van der Waals surface area contributed by atoms with Crippen LogP contribution in [-0.4, -0.2) is 59.4 Å². The number of aryl methyl sites for hydroxylation is 2. The molecule has 3 aromatic carbocycles. The second-order valence-corrected chi connectivity index (χ2v) is 13.1. The molecule has 2 bridgehead atoms. The maximum atomic E-state index is 14.5. The van der Waals surface area contributed by atoms with Crippen LogP contribution in [0.15, 0.2) is 76.8 Å². The summed E-state index contributed by atoms with van der Waals surface area (Å²) in [6, 6.07) is 21.4. The van der Waals surface area contributed by atoms with Gasteiger partial charge in [0.2, 0.25) is 5.91 Å². The van der Waals surface area contributed by atoms with Crippen molar-refractivity contribution in [1.82, 2.24) is 15.1 Å². The lowest BCUT2D eigenvalue weighted by molar-refractivity contribution is -0.132. The Hall–Kier alpha value is -3.49. The molecule has 2 amide bonds. The Bertz CT molecular complexity index is 1570. The van der Waals surface area contributed by atoms with Crippen LogP contribution in [0.5, 0.6) is 5.75 Å². The number of nitrogens with one attached hydrogen (secondary N) is 1. The summed E-state index contributed by atoms with van der Waals surface area (Å²) in [5.41, 5.74) is 6.50. The van der Waals surface area contributed by atoms with Crippen molar-refractivity contribution in [3.05, 3.63) is 105 Å². The molecule has 3 aromatic rings. The zero-order valence-corrected chi connectivity index (χ0v) is 26.9. The zero-order chi connectivity index (χ0) is 30.8. The number of carbonyl (C=O) groups excluding carboxylic acids is 2. The molecular formula is C36H39BrFN3O3. The number of rotatable bonds is 10. The maximum absolute atomic E-state index is 14.5. The fourth-order valence-corrected chi connectivity index (χ4v) is 6.78. The highest BCUT2D eigenvalue weighted by molar-refractivity contribution is 9.10. The summed E-state index contributed by atoms with van der Waals surface area (Å²) < 4.78 is 20.1. The molecular weight excluding hydrogens is 621 g/mol. The van der Waals surface area contributed by atoms with Crippen LogP contribution >= 0.6 is 15.9 Å². The van der Waals surface area contributed by atoms with Gasteiger partial charge < -0.3 is 19.9 Å².